The lowest BCUT2D eigenvalue weighted by Crippen LogP contribution is -2.18. The van der Waals surface area contributed by atoms with Crippen LogP contribution in [0, 0.1) is 0 Å². The topological polar surface area (TPSA) is 106 Å². The van der Waals surface area contributed by atoms with Gasteiger partial charge in [0.15, 0.2) is 11.6 Å². The summed E-state index contributed by atoms with van der Waals surface area (Å²) < 4.78 is 14.6. The molecular formula is C10H16N8O2. The first kappa shape index (κ1) is 13.1. The van der Waals surface area contributed by atoms with Crippen molar-refractivity contribution in [2.24, 2.45) is 0 Å². The van der Waals surface area contributed by atoms with Crippen LogP contribution in [0.4, 0.5) is 0 Å². The highest BCUT2D eigenvalue weighted by molar-refractivity contribution is 4.82. The molecule has 10 heteroatoms. The van der Waals surface area contributed by atoms with Gasteiger partial charge in [0, 0.05) is 12.8 Å². The number of fused-ring (bicyclic) bond motifs is 2. The van der Waals surface area contributed by atoms with E-state index in [1.807, 2.05) is 0 Å². The Morgan fingerprint density at radius 2 is 1.20 bits per heavy atom. The SMILES string of the molecule is C1Cc2nnnn2CCOCCn2nnnc2CCO1. The van der Waals surface area contributed by atoms with Crippen LogP contribution in [0.25, 0.3) is 0 Å². The highest BCUT2D eigenvalue weighted by atomic mass is 16.5. The molecule has 0 atom stereocenters. The van der Waals surface area contributed by atoms with Gasteiger partial charge in [0.05, 0.1) is 39.5 Å². The minimum absolute atomic E-state index is 0.552. The number of rotatable bonds is 0. The maximum atomic E-state index is 5.58. The average Bonchev–Trinajstić information content (AvgIpc) is 3.07. The number of hydrogen-bond acceptors (Lipinski definition) is 8. The van der Waals surface area contributed by atoms with Gasteiger partial charge < -0.3 is 9.47 Å². The molecule has 108 valence electrons. The minimum atomic E-state index is 0.552. The number of tetrazole rings is 2. The summed E-state index contributed by atoms with van der Waals surface area (Å²) in [6.45, 7) is 3.51. The van der Waals surface area contributed by atoms with Crippen LogP contribution in [0.15, 0.2) is 0 Å². The van der Waals surface area contributed by atoms with Crippen molar-refractivity contribution in [2.75, 3.05) is 26.4 Å². The Morgan fingerprint density at radius 3 is 1.75 bits per heavy atom. The van der Waals surface area contributed by atoms with E-state index in [1.54, 1.807) is 9.36 Å². The van der Waals surface area contributed by atoms with Crippen molar-refractivity contribution >= 4 is 0 Å². The normalized spacial score (nSPS) is 18.0. The van der Waals surface area contributed by atoms with Crippen molar-refractivity contribution in [3.05, 3.63) is 11.6 Å². The summed E-state index contributed by atoms with van der Waals surface area (Å²) in [4.78, 5) is 0. The van der Waals surface area contributed by atoms with Crippen molar-refractivity contribution in [1.82, 2.24) is 40.4 Å². The molecule has 0 radical (unpaired) electrons. The molecule has 0 saturated heterocycles. The number of aromatic nitrogens is 8. The highest BCUT2D eigenvalue weighted by Crippen LogP contribution is 1.99. The Hall–Kier alpha value is -1.94. The molecule has 3 rings (SSSR count). The van der Waals surface area contributed by atoms with Crippen LogP contribution in [0.3, 0.4) is 0 Å². The third kappa shape index (κ3) is 3.14. The van der Waals surface area contributed by atoms with Crippen LogP contribution >= 0.6 is 0 Å². The van der Waals surface area contributed by atoms with Gasteiger partial charge in [-0.15, -0.1) is 10.2 Å². The van der Waals surface area contributed by atoms with Crippen LogP contribution in [0.1, 0.15) is 11.6 Å². The van der Waals surface area contributed by atoms with E-state index < -0.39 is 0 Å². The molecule has 0 aromatic carbocycles. The van der Waals surface area contributed by atoms with Crippen LogP contribution < -0.4 is 0 Å². The summed E-state index contributed by atoms with van der Waals surface area (Å²) in [6.07, 6.45) is 1.36. The van der Waals surface area contributed by atoms with Crippen molar-refractivity contribution in [1.29, 1.82) is 0 Å². The summed E-state index contributed by atoms with van der Waals surface area (Å²) in [7, 11) is 0. The second kappa shape index (κ2) is 6.48. The Labute approximate surface area is 115 Å². The molecule has 2 aromatic rings. The third-order valence-electron chi connectivity index (χ3n) is 3.05. The molecule has 2 aromatic heterocycles. The Bertz CT molecular complexity index is 450. The number of ether oxygens (including phenoxy) is 2. The van der Waals surface area contributed by atoms with Gasteiger partial charge in [-0.05, 0) is 20.9 Å². The summed E-state index contributed by atoms with van der Waals surface area (Å²) in [5.41, 5.74) is 0. The molecule has 1 aliphatic rings. The van der Waals surface area contributed by atoms with Gasteiger partial charge in [0.1, 0.15) is 0 Å². The molecule has 0 unspecified atom stereocenters. The van der Waals surface area contributed by atoms with Crippen LogP contribution in [0.2, 0.25) is 0 Å². The zero-order chi connectivity index (χ0) is 13.6. The zero-order valence-electron chi connectivity index (χ0n) is 11.1. The third-order valence-corrected chi connectivity index (χ3v) is 3.05. The molecule has 0 aliphatic carbocycles. The molecule has 0 saturated carbocycles. The first-order chi connectivity index (χ1) is 9.93. The Morgan fingerprint density at radius 1 is 0.700 bits per heavy atom. The van der Waals surface area contributed by atoms with E-state index >= 15 is 0 Å². The monoisotopic (exact) mass is 280 g/mol. The fourth-order valence-corrected chi connectivity index (χ4v) is 1.99. The molecule has 20 heavy (non-hydrogen) atoms. The first-order valence-corrected chi connectivity index (χ1v) is 6.59. The van der Waals surface area contributed by atoms with Gasteiger partial charge in [-0.1, -0.05) is 0 Å². The van der Waals surface area contributed by atoms with Crippen LogP contribution in [0.5, 0.6) is 0 Å². The molecule has 0 fully saturated rings. The smallest absolute Gasteiger partial charge is 0.153 e. The van der Waals surface area contributed by atoms with Gasteiger partial charge in [-0.25, -0.2) is 9.36 Å². The Kier molecular flexibility index (Phi) is 4.23. The summed E-state index contributed by atoms with van der Waals surface area (Å²) >= 11 is 0. The standard InChI is InChI=1S/C10H16N8O2/c1-5-19-6-2-10-12-14-16-18(10)4-8-20-7-3-17-9(1)11-13-15-17/h1-8H2. The highest BCUT2D eigenvalue weighted by Gasteiger charge is 2.09. The average molecular weight is 280 g/mol. The minimum Gasteiger partial charge on any atom is -0.381 e. The van der Waals surface area contributed by atoms with E-state index in [-0.39, 0.29) is 0 Å². The molecule has 10 nitrogen and oxygen atoms in total. The van der Waals surface area contributed by atoms with Gasteiger partial charge in [-0.3, -0.25) is 0 Å². The maximum Gasteiger partial charge on any atom is 0.153 e. The lowest BCUT2D eigenvalue weighted by atomic mass is 10.4. The summed E-state index contributed by atoms with van der Waals surface area (Å²) in [5, 5.41) is 23.2. The summed E-state index contributed by atoms with van der Waals surface area (Å²) in [5.74, 6) is 1.63. The van der Waals surface area contributed by atoms with Crippen molar-refractivity contribution in [3.63, 3.8) is 0 Å². The molecule has 0 amide bonds. The fraction of sp³-hybridized carbons (Fsp3) is 0.800. The zero-order valence-corrected chi connectivity index (χ0v) is 11.1. The predicted octanol–water partition coefficient (Wildman–Crippen LogP) is -1.51. The van der Waals surface area contributed by atoms with Gasteiger partial charge >= 0.3 is 0 Å². The van der Waals surface area contributed by atoms with E-state index in [1.165, 1.54) is 0 Å². The van der Waals surface area contributed by atoms with E-state index in [2.05, 4.69) is 31.1 Å². The Balaban J connectivity index is 1.63. The van der Waals surface area contributed by atoms with Crippen LogP contribution in [-0.2, 0) is 35.4 Å². The van der Waals surface area contributed by atoms with Gasteiger partial charge in [0.2, 0.25) is 0 Å². The van der Waals surface area contributed by atoms with Crippen molar-refractivity contribution in [3.8, 4) is 0 Å². The largest absolute Gasteiger partial charge is 0.381 e. The summed E-state index contributed by atoms with van der Waals surface area (Å²) in [6, 6.07) is 0. The second-order valence-electron chi connectivity index (χ2n) is 4.36. The lowest BCUT2D eigenvalue weighted by molar-refractivity contribution is 0.106. The predicted molar refractivity (Wildman–Crippen MR) is 64.7 cm³/mol. The van der Waals surface area contributed by atoms with Crippen molar-refractivity contribution < 1.29 is 9.47 Å². The molecule has 1 aliphatic heterocycles. The second-order valence-corrected chi connectivity index (χ2v) is 4.36. The molecule has 0 N–H and O–H groups in total. The molecule has 0 bridgehead atoms. The molecule has 3 heterocycles. The molecule has 0 spiro atoms. The fourth-order valence-electron chi connectivity index (χ4n) is 1.99. The van der Waals surface area contributed by atoms with Crippen LogP contribution in [-0.4, -0.2) is 66.8 Å². The van der Waals surface area contributed by atoms with E-state index in [9.17, 15) is 0 Å². The first-order valence-electron chi connectivity index (χ1n) is 6.59. The van der Waals surface area contributed by atoms with Gasteiger partial charge in [-0.2, -0.15) is 0 Å². The van der Waals surface area contributed by atoms with Crippen molar-refractivity contribution in [2.45, 2.75) is 25.9 Å². The molecular weight excluding hydrogens is 264 g/mol. The van der Waals surface area contributed by atoms with E-state index in [0.717, 1.165) is 11.6 Å². The quantitative estimate of drug-likeness (QED) is 0.573. The number of nitrogens with zero attached hydrogens (tertiary/aromatic N) is 8. The number of hydrogen-bond donors (Lipinski definition) is 0. The van der Waals surface area contributed by atoms with E-state index in [4.69, 9.17) is 9.47 Å². The lowest BCUT2D eigenvalue weighted by Gasteiger charge is -2.09. The van der Waals surface area contributed by atoms with Gasteiger partial charge in [0.25, 0.3) is 0 Å². The van der Waals surface area contributed by atoms with E-state index in [0.29, 0.717) is 52.4 Å². The maximum absolute atomic E-state index is 5.58.